The Morgan fingerprint density at radius 3 is 2.85 bits per heavy atom. The summed E-state index contributed by atoms with van der Waals surface area (Å²) in [5, 5.41) is -0.184. The number of hydrogen-bond acceptors (Lipinski definition) is 3. The van der Waals surface area contributed by atoms with E-state index in [0.717, 1.165) is 18.2 Å². The SMILES string of the molecule is C#C[C@@H](NS(=O)(=O)c1ccc(F)cc1Cl)[C@H]1CCOC1. The van der Waals surface area contributed by atoms with Crippen LogP contribution in [0.2, 0.25) is 5.02 Å². The molecule has 1 aliphatic rings. The molecule has 20 heavy (non-hydrogen) atoms. The van der Waals surface area contributed by atoms with Crippen molar-refractivity contribution in [2.75, 3.05) is 13.2 Å². The first-order valence-corrected chi connectivity index (χ1v) is 7.81. The number of nitrogens with one attached hydrogen (secondary N) is 1. The topological polar surface area (TPSA) is 55.4 Å². The molecule has 2 atom stereocenters. The largest absolute Gasteiger partial charge is 0.381 e. The van der Waals surface area contributed by atoms with E-state index in [1.54, 1.807) is 0 Å². The van der Waals surface area contributed by atoms with E-state index >= 15 is 0 Å². The van der Waals surface area contributed by atoms with E-state index in [2.05, 4.69) is 10.6 Å². The van der Waals surface area contributed by atoms with Crippen LogP contribution in [0, 0.1) is 24.1 Å². The van der Waals surface area contributed by atoms with E-state index in [-0.39, 0.29) is 15.8 Å². The molecule has 0 aromatic heterocycles. The minimum atomic E-state index is -3.90. The second kappa shape index (κ2) is 6.10. The first-order valence-electron chi connectivity index (χ1n) is 5.95. The predicted octanol–water partition coefficient (Wildman–Crippen LogP) is 1.80. The molecule has 7 heteroatoms. The van der Waals surface area contributed by atoms with Gasteiger partial charge in [0.2, 0.25) is 10.0 Å². The molecule has 1 fully saturated rings. The van der Waals surface area contributed by atoms with Crippen molar-refractivity contribution in [3.05, 3.63) is 29.0 Å². The minimum absolute atomic E-state index is 0.0750. The summed E-state index contributed by atoms with van der Waals surface area (Å²) in [4.78, 5) is -0.195. The van der Waals surface area contributed by atoms with Crippen LogP contribution in [-0.4, -0.2) is 27.7 Å². The molecule has 0 radical (unpaired) electrons. The molecular weight excluding hydrogens is 305 g/mol. The van der Waals surface area contributed by atoms with Crippen LogP contribution < -0.4 is 4.72 Å². The molecule has 0 amide bonds. The lowest BCUT2D eigenvalue weighted by Gasteiger charge is -2.18. The van der Waals surface area contributed by atoms with Gasteiger partial charge in [-0.25, -0.2) is 12.8 Å². The second-order valence-electron chi connectivity index (χ2n) is 4.46. The van der Waals surface area contributed by atoms with Crippen molar-refractivity contribution in [3.8, 4) is 12.3 Å². The first-order chi connectivity index (χ1) is 9.44. The maximum Gasteiger partial charge on any atom is 0.243 e. The van der Waals surface area contributed by atoms with Crippen molar-refractivity contribution in [1.82, 2.24) is 4.72 Å². The van der Waals surface area contributed by atoms with Crippen LogP contribution in [0.1, 0.15) is 6.42 Å². The van der Waals surface area contributed by atoms with Gasteiger partial charge in [-0.2, -0.15) is 4.72 Å². The number of ether oxygens (including phenoxy) is 1. The number of sulfonamides is 1. The fourth-order valence-electron chi connectivity index (χ4n) is 2.01. The second-order valence-corrected chi connectivity index (χ2v) is 6.55. The van der Waals surface area contributed by atoms with E-state index < -0.39 is 21.9 Å². The third-order valence-corrected chi connectivity index (χ3v) is 5.01. The van der Waals surface area contributed by atoms with Crippen molar-refractivity contribution in [3.63, 3.8) is 0 Å². The Morgan fingerprint density at radius 1 is 1.55 bits per heavy atom. The molecule has 0 unspecified atom stereocenters. The van der Waals surface area contributed by atoms with Crippen LogP contribution in [0.15, 0.2) is 23.1 Å². The summed E-state index contributed by atoms with van der Waals surface area (Å²) in [5.74, 6) is 1.73. The van der Waals surface area contributed by atoms with Gasteiger partial charge in [0.25, 0.3) is 0 Å². The van der Waals surface area contributed by atoms with Crippen LogP contribution >= 0.6 is 11.6 Å². The summed E-state index contributed by atoms with van der Waals surface area (Å²) < 4.78 is 45.0. The minimum Gasteiger partial charge on any atom is -0.381 e. The van der Waals surface area contributed by atoms with Gasteiger partial charge >= 0.3 is 0 Å². The summed E-state index contributed by atoms with van der Waals surface area (Å²) in [7, 11) is -3.90. The fraction of sp³-hybridized carbons (Fsp3) is 0.385. The van der Waals surface area contributed by atoms with Gasteiger partial charge in [-0.3, -0.25) is 0 Å². The van der Waals surface area contributed by atoms with E-state index in [0.29, 0.717) is 19.6 Å². The summed E-state index contributed by atoms with van der Waals surface area (Å²) in [6.45, 7) is 0.969. The van der Waals surface area contributed by atoms with Crippen LogP contribution in [0.4, 0.5) is 4.39 Å². The van der Waals surface area contributed by atoms with Gasteiger partial charge in [-0.1, -0.05) is 17.5 Å². The fourth-order valence-corrected chi connectivity index (χ4v) is 3.76. The van der Waals surface area contributed by atoms with Gasteiger partial charge in [-0.15, -0.1) is 6.42 Å². The quantitative estimate of drug-likeness (QED) is 0.862. The highest BCUT2D eigenvalue weighted by molar-refractivity contribution is 7.89. The monoisotopic (exact) mass is 317 g/mol. The van der Waals surface area contributed by atoms with Gasteiger partial charge in [0, 0.05) is 12.5 Å². The molecule has 0 spiro atoms. The molecule has 1 aromatic rings. The molecule has 0 bridgehead atoms. The van der Waals surface area contributed by atoms with Gasteiger partial charge in [0.1, 0.15) is 10.7 Å². The Labute approximate surface area is 122 Å². The zero-order valence-corrected chi connectivity index (χ0v) is 12.0. The van der Waals surface area contributed by atoms with Gasteiger partial charge < -0.3 is 4.74 Å². The van der Waals surface area contributed by atoms with Crippen molar-refractivity contribution in [2.45, 2.75) is 17.4 Å². The summed E-state index contributed by atoms with van der Waals surface area (Å²) in [6.07, 6.45) is 6.06. The zero-order chi connectivity index (χ0) is 14.8. The standard InChI is InChI=1S/C13H13ClFNO3S/c1-2-12(9-5-6-19-8-9)16-20(17,18)13-4-3-10(15)7-11(13)14/h1,3-4,7,9,12,16H,5-6,8H2/t9-,12+/m0/s1. The van der Waals surface area contributed by atoms with Crippen molar-refractivity contribution in [1.29, 1.82) is 0 Å². The first kappa shape index (κ1) is 15.3. The molecule has 4 nitrogen and oxygen atoms in total. The van der Waals surface area contributed by atoms with Crippen LogP contribution in [-0.2, 0) is 14.8 Å². The summed E-state index contributed by atoms with van der Waals surface area (Å²) >= 11 is 5.76. The smallest absolute Gasteiger partial charge is 0.243 e. The lowest BCUT2D eigenvalue weighted by molar-refractivity contribution is 0.183. The van der Waals surface area contributed by atoms with Gasteiger partial charge in [-0.05, 0) is 24.6 Å². The third kappa shape index (κ3) is 3.30. The van der Waals surface area contributed by atoms with E-state index in [4.69, 9.17) is 22.8 Å². The predicted molar refractivity (Wildman–Crippen MR) is 73.3 cm³/mol. The lowest BCUT2D eigenvalue weighted by atomic mass is 10.0. The third-order valence-electron chi connectivity index (χ3n) is 3.08. The highest BCUT2D eigenvalue weighted by atomic mass is 35.5. The molecular formula is C13H13ClFNO3S. The molecule has 0 aliphatic carbocycles. The van der Waals surface area contributed by atoms with Gasteiger partial charge in [0.15, 0.2) is 0 Å². The maximum atomic E-state index is 13.0. The molecule has 2 rings (SSSR count). The lowest BCUT2D eigenvalue weighted by Crippen LogP contribution is -2.39. The Kier molecular flexibility index (Phi) is 4.66. The summed E-state index contributed by atoms with van der Waals surface area (Å²) in [6, 6.07) is 2.41. The number of benzene rings is 1. The van der Waals surface area contributed by atoms with E-state index in [1.165, 1.54) is 0 Å². The Bertz CT molecular complexity index is 636. The molecule has 0 saturated carbocycles. The zero-order valence-electron chi connectivity index (χ0n) is 10.5. The maximum absolute atomic E-state index is 13.0. The van der Waals surface area contributed by atoms with Crippen LogP contribution in [0.5, 0.6) is 0 Å². The van der Waals surface area contributed by atoms with Crippen LogP contribution in [0.25, 0.3) is 0 Å². The number of rotatable bonds is 4. The summed E-state index contributed by atoms with van der Waals surface area (Å²) in [5.41, 5.74) is 0. The molecule has 1 aromatic carbocycles. The Hall–Kier alpha value is -1.13. The van der Waals surface area contributed by atoms with Crippen molar-refractivity contribution >= 4 is 21.6 Å². The molecule has 1 N–H and O–H groups in total. The highest BCUT2D eigenvalue weighted by Gasteiger charge is 2.29. The average molecular weight is 318 g/mol. The normalized spacial score (nSPS) is 20.6. The van der Waals surface area contributed by atoms with Crippen LogP contribution in [0.3, 0.4) is 0 Å². The Morgan fingerprint density at radius 2 is 2.30 bits per heavy atom. The molecule has 1 heterocycles. The van der Waals surface area contributed by atoms with E-state index in [1.807, 2.05) is 0 Å². The average Bonchev–Trinajstić information content (AvgIpc) is 2.89. The molecule has 1 aliphatic heterocycles. The number of hydrogen-bond donors (Lipinski definition) is 1. The number of halogens is 2. The highest BCUT2D eigenvalue weighted by Crippen LogP contribution is 2.24. The molecule has 1 saturated heterocycles. The van der Waals surface area contributed by atoms with E-state index in [9.17, 15) is 12.8 Å². The molecule has 108 valence electrons. The van der Waals surface area contributed by atoms with Crippen molar-refractivity contribution in [2.24, 2.45) is 5.92 Å². The number of terminal acetylenes is 1. The van der Waals surface area contributed by atoms with Gasteiger partial charge in [0.05, 0.1) is 17.7 Å². The van der Waals surface area contributed by atoms with Crippen molar-refractivity contribution < 1.29 is 17.5 Å². The Balaban J connectivity index is 2.23.